The third-order valence-corrected chi connectivity index (χ3v) is 5.74. The first kappa shape index (κ1) is 16.2. The van der Waals surface area contributed by atoms with Crippen LogP contribution in [0.1, 0.15) is 44.9 Å². The van der Waals surface area contributed by atoms with Crippen LogP contribution in [-0.2, 0) is 10.0 Å². The van der Waals surface area contributed by atoms with Gasteiger partial charge in [-0.2, -0.15) is 0 Å². The minimum Gasteiger partial charge on any atom is -0.314 e. The Hall–Kier alpha value is -0.170. The summed E-state index contributed by atoms with van der Waals surface area (Å²) in [5, 5.41) is 3.41. The van der Waals surface area contributed by atoms with Crippen molar-refractivity contribution in [2.24, 2.45) is 0 Å². The SMILES string of the molecule is CN1CCCCC1CNS(=O)(=O)CCCCNC1CC1. The maximum Gasteiger partial charge on any atom is 0.211 e. The summed E-state index contributed by atoms with van der Waals surface area (Å²) >= 11 is 0. The lowest BCUT2D eigenvalue weighted by Crippen LogP contribution is -2.44. The van der Waals surface area contributed by atoms with Crippen LogP contribution in [-0.4, -0.2) is 57.8 Å². The molecule has 0 radical (unpaired) electrons. The van der Waals surface area contributed by atoms with Gasteiger partial charge in [0.15, 0.2) is 0 Å². The predicted octanol–water partition coefficient (Wildman–Crippen LogP) is 0.922. The molecule has 0 bridgehead atoms. The summed E-state index contributed by atoms with van der Waals surface area (Å²) in [6.45, 7) is 2.60. The molecule has 0 aromatic rings. The first-order chi connectivity index (χ1) is 9.57. The molecule has 1 atom stereocenters. The molecule has 1 heterocycles. The maximum atomic E-state index is 11.9. The second kappa shape index (κ2) is 7.73. The Morgan fingerprint density at radius 2 is 1.95 bits per heavy atom. The molecule has 1 saturated heterocycles. The zero-order valence-corrected chi connectivity index (χ0v) is 13.4. The van der Waals surface area contributed by atoms with Gasteiger partial charge in [0.05, 0.1) is 5.75 Å². The Morgan fingerprint density at radius 1 is 1.15 bits per heavy atom. The zero-order valence-electron chi connectivity index (χ0n) is 12.6. The minimum atomic E-state index is -3.09. The normalized spacial score (nSPS) is 24.9. The van der Waals surface area contributed by atoms with Crippen molar-refractivity contribution in [2.45, 2.75) is 57.0 Å². The molecule has 118 valence electrons. The van der Waals surface area contributed by atoms with Crippen LogP contribution in [0.2, 0.25) is 0 Å². The molecule has 2 N–H and O–H groups in total. The number of nitrogens with zero attached hydrogens (tertiary/aromatic N) is 1. The van der Waals surface area contributed by atoms with Gasteiger partial charge in [0.2, 0.25) is 10.0 Å². The number of hydrogen-bond acceptors (Lipinski definition) is 4. The third kappa shape index (κ3) is 6.08. The van der Waals surface area contributed by atoms with E-state index < -0.39 is 10.0 Å². The van der Waals surface area contributed by atoms with Crippen molar-refractivity contribution in [3.63, 3.8) is 0 Å². The van der Waals surface area contributed by atoms with Crippen molar-refractivity contribution in [1.29, 1.82) is 0 Å². The molecule has 0 spiro atoms. The van der Waals surface area contributed by atoms with E-state index in [9.17, 15) is 8.42 Å². The molecule has 20 heavy (non-hydrogen) atoms. The van der Waals surface area contributed by atoms with Crippen LogP contribution in [0.5, 0.6) is 0 Å². The van der Waals surface area contributed by atoms with E-state index in [4.69, 9.17) is 0 Å². The Kier molecular flexibility index (Phi) is 6.26. The van der Waals surface area contributed by atoms with Gasteiger partial charge in [0, 0.05) is 18.6 Å². The number of likely N-dealkylation sites (tertiary alicyclic amines) is 1. The lowest BCUT2D eigenvalue weighted by Gasteiger charge is -2.32. The molecule has 2 rings (SSSR count). The summed E-state index contributed by atoms with van der Waals surface area (Å²) in [7, 11) is -1.01. The van der Waals surface area contributed by atoms with Crippen LogP contribution in [0.15, 0.2) is 0 Å². The molecule has 2 aliphatic rings. The smallest absolute Gasteiger partial charge is 0.211 e. The molecule has 6 heteroatoms. The van der Waals surface area contributed by atoms with Gasteiger partial charge >= 0.3 is 0 Å². The molecule has 1 saturated carbocycles. The van der Waals surface area contributed by atoms with Gasteiger partial charge in [-0.3, -0.25) is 0 Å². The van der Waals surface area contributed by atoms with Crippen LogP contribution >= 0.6 is 0 Å². The second-order valence-corrected chi connectivity index (χ2v) is 8.16. The lowest BCUT2D eigenvalue weighted by atomic mass is 10.0. The molecular formula is C14H29N3O2S. The van der Waals surface area contributed by atoms with Gasteiger partial charge in [-0.25, -0.2) is 13.1 Å². The number of unbranched alkanes of at least 4 members (excludes halogenated alkanes) is 1. The van der Waals surface area contributed by atoms with Crippen molar-refractivity contribution in [3.05, 3.63) is 0 Å². The number of rotatable bonds is 9. The standard InChI is InChI=1S/C14H29N3O2S/c1-17-10-4-2-6-14(17)12-16-20(18,19)11-5-3-9-15-13-7-8-13/h13-16H,2-12H2,1H3. The van der Waals surface area contributed by atoms with Gasteiger partial charge < -0.3 is 10.2 Å². The fourth-order valence-electron chi connectivity index (χ4n) is 2.71. The summed E-state index contributed by atoms with van der Waals surface area (Å²) in [5.74, 6) is 0.260. The summed E-state index contributed by atoms with van der Waals surface area (Å²) in [6.07, 6.45) is 7.81. The predicted molar refractivity (Wildman–Crippen MR) is 82.3 cm³/mol. The van der Waals surface area contributed by atoms with Crippen molar-refractivity contribution in [2.75, 3.05) is 32.4 Å². The van der Waals surface area contributed by atoms with Crippen molar-refractivity contribution < 1.29 is 8.42 Å². The monoisotopic (exact) mass is 303 g/mol. The van der Waals surface area contributed by atoms with Gasteiger partial charge in [0.1, 0.15) is 0 Å². The summed E-state index contributed by atoms with van der Waals surface area (Å²) in [4.78, 5) is 2.27. The number of nitrogens with one attached hydrogen (secondary N) is 2. The highest BCUT2D eigenvalue weighted by molar-refractivity contribution is 7.89. The molecule has 5 nitrogen and oxygen atoms in total. The van der Waals surface area contributed by atoms with E-state index >= 15 is 0 Å². The van der Waals surface area contributed by atoms with Crippen molar-refractivity contribution >= 4 is 10.0 Å². The fraction of sp³-hybridized carbons (Fsp3) is 1.00. The second-order valence-electron chi connectivity index (χ2n) is 6.23. The van der Waals surface area contributed by atoms with E-state index in [1.54, 1.807) is 0 Å². The van der Waals surface area contributed by atoms with Gasteiger partial charge in [0.25, 0.3) is 0 Å². The van der Waals surface area contributed by atoms with E-state index in [2.05, 4.69) is 22.0 Å². The largest absolute Gasteiger partial charge is 0.314 e. The van der Waals surface area contributed by atoms with E-state index in [1.807, 2.05) is 0 Å². The Morgan fingerprint density at radius 3 is 2.65 bits per heavy atom. The maximum absolute atomic E-state index is 11.9. The Balaban J connectivity index is 1.57. The first-order valence-electron chi connectivity index (χ1n) is 7.98. The Bertz CT molecular complexity index is 382. The van der Waals surface area contributed by atoms with Crippen molar-refractivity contribution in [1.82, 2.24) is 14.9 Å². The average Bonchev–Trinajstić information content (AvgIpc) is 3.21. The molecule has 2 fully saturated rings. The number of likely N-dealkylation sites (N-methyl/N-ethyl adjacent to an activating group) is 1. The molecule has 1 aliphatic heterocycles. The minimum absolute atomic E-state index is 0.260. The highest BCUT2D eigenvalue weighted by Gasteiger charge is 2.21. The molecular weight excluding hydrogens is 274 g/mol. The zero-order chi connectivity index (χ0) is 14.4. The topological polar surface area (TPSA) is 61.4 Å². The van der Waals surface area contributed by atoms with E-state index in [-0.39, 0.29) is 5.75 Å². The van der Waals surface area contributed by atoms with Crippen LogP contribution < -0.4 is 10.0 Å². The van der Waals surface area contributed by atoms with Gasteiger partial charge in [-0.15, -0.1) is 0 Å². The molecule has 0 aromatic carbocycles. The number of hydrogen-bond donors (Lipinski definition) is 2. The van der Waals surface area contributed by atoms with Gasteiger partial charge in [-0.05, 0) is 58.7 Å². The molecule has 0 aromatic heterocycles. The molecule has 0 amide bonds. The fourth-order valence-corrected chi connectivity index (χ4v) is 3.88. The highest BCUT2D eigenvalue weighted by atomic mass is 32.2. The quantitative estimate of drug-likeness (QED) is 0.622. The first-order valence-corrected chi connectivity index (χ1v) is 9.63. The summed E-state index contributed by atoms with van der Waals surface area (Å²) in [6, 6.07) is 1.08. The lowest BCUT2D eigenvalue weighted by molar-refractivity contribution is 0.187. The number of sulfonamides is 1. The van der Waals surface area contributed by atoms with Gasteiger partial charge in [-0.1, -0.05) is 6.42 Å². The highest BCUT2D eigenvalue weighted by Crippen LogP contribution is 2.18. The van der Waals surface area contributed by atoms with E-state index in [0.29, 0.717) is 18.6 Å². The van der Waals surface area contributed by atoms with Crippen LogP contribution in [0.25, 0.3) is 0 Å². The summed E-state index contributed by atoms with van der Waals surface area (Å²) in [5.41, 5.74) is 0. The van der Waals surface area contributed by atoms with E-state index in [1.165, 1.54) is 25.7 Å². The van der Waals surface area contributed by atoms with E-state index in [0.717, 1.165) is 32.4 Å². The molecule has 1 unspecified atom stereocenters. The van der Waals surface area contributed by atoms with Crippen LogP contribution in [0.3, 0.4) is 0 Å². The Labute approximate surface area is 123 Å². The third-order valence-electron chi connectivity index (χ3n) is 4.31. The number of piperidine rings is 1. The average molecular weight is 303 g/mol. The van der Waals surface area contributed by atoms with Crippen LogP contribution in [0, 0.1) is 0 Å². The van der Waals surface area contributed by atoms with Crippen LogP contribution in [0.4, 0.5) is 0 Å². The summed E-state index contributed by atoms with van der Waals surface area (Å²) < 4.78 is 26.7. The molecule has 1 aliphatic carbocycles. The van der Waals surface area contributed by atoms with Crippen molar-refractivity contribution in [3.8, 4) is 0 Å².